The Morgan fingerprint density at radius 2 is 1.81 bits per heavy atom. The minimum absolute atomic E-state index is 0.0419. The van der Waals surface area contributed by atoms with Crippen LogP contribution < -0.4 is 15.0 Å². The van der Waals surface area contributed by atoms with Crippen molar-refractivity contribution in [1.82, 2.24) is 0 Å². The summed E-state index contributed by atoms with van der Waals surface area (Å²) in [4.78, 5) is 38.2. The number of hydrogen-bond donors (Lipinski definition) is 1. The molecule has 1 saturated heterocycles. The second kappa shape index (κ2) is 9.71. The van der Waals surface area contributed by atoms with E-state index in [2.05, 4.69) is 5.32 Å². The topological polar surface area (TPSA) is 84.9 Å². The quantitative estimate of drug-likeness (QED) is 0.651. The molecule has 32 heavy (non-hydrogen) atoms. The van der Waals surface area contributed by atoms with Crippen LogP contribution in [0.3, 0.4) is 0 Å². The van der Waals surface area contributed by atoms with E-state index in [1.54, 1.807) is 31.2 Å². The highest BCUT2D eigenvalue weighted by molar-refractivity contribution is 6.01. The molecule has 7 nitrogen and oxygen atoms in total. The Labute approximate surface area is 182 Å². The molecule has 3 rings (SSSR count). The maximum absolute atomic E-state index is 13.0. The summed E-state index contributed by atoms with van der Waals surface area (Å²) in [7, 11) is 0. The smallest absolute Gasteiger partial charge is 0.418 e. The molecular weight excluding hydrogens is 429 g/mol. The molecule has 2 aromatic carbocycles. The van der Waals surface area contributed by atoms with Crippen molar-refractivity contribution >= 4 is 29.2 Å². The van der Waals surface area contributed by atoms with Crippen LogP contribution in [0.15, 0.2) is 48.5 Å². The minimum atomic E-state index is -4.65. The SMILES string of the molecule is CCOc1ccccc1N1C[C@@H](C(=O)OCC(=O)Nc2ccccc2C(F)(F)F)CC1=O. The Bertz CT molecular complexity index is 1010. The molecule has 0 saturated carbocycles. The first-order chi connectivity index (χ1) is 15.2. The second-order valence-corrected chi connectivity index (χ2v) is 7.01. The van der Waals surface area contributed by atoms with Crippen molar-refractivity contribution in [2.45, 2.75) is 19.5 Å². The molecule has 2 aromatic rings. The summed E-state index contributed by atoms with van der Waals surface area (Å²) >= 11 is 0. The zero-order chi connectivity index (χ0) is 23.3. The van der Waals surface area contributed by atoms with Gasteiger partial charge in [0.1, 0.15) is 5.75 Å². The van der Waals surface area contributed by atoms with Crippen molar-refractivity contribution in [3.63, 3.8) is 0 Å². The Balaban J connectivity index is 1.59. The standard InChI is InChI=1S/C22H21F3N2O5/c1-2-31-18-10-6-5-9-17(18)27-12-14(11-20(27)29)21(30)32-13-19(28)26-16-8-4-3-7-15(16)22(23,24)25/h3-10,14H,2,11-13H2,1H3,(H,26,28)/t14-/m0/s1. The van der Waals surface area contributed by atoms with Gasteiger partial charge in [0.05, 0.1) is 29.5 Å². The number of nitrogens with one attached hydrogen (secondary N) is 1. The van der Waals surface area contributed by atoms with Gasteiger partial charge in [-0.3, -0.25) is 14.4 Å². The minimum Gasteiger partial charge on any atom is -0.492 e. The van der Waals surface area contributed by atoms with Crippen molar-refractivity contribution in [2.75, 3.05) is 30.0 Å². The maximum atomic E-state index is 13.0. The van der Waals surface area contributed by atoms with Crippen LogP contribution in [0, 0.1) is 5.92 Å². The van der Waals surface area contributed by atoms with Crippen LogP contribution in [-0.2, 0) is 25.3 Å². The number of para-hydroxylation sites is 3. The van der Waals surface area contributed by atoms with Crippen LogP contribution in [0.25, 0.3) is 0 Å². The van der Waals surface area contributed by atoms with Gasteiger partial charge in [-0.15, -0.1) is 0 Å². The molecule has 0 radical (unpaired) electrons. The van der Waals surface area contributed by atoms with E-state index in [1.807, 2.05) is 0 Å². The Hall–Kier alpha value is -3.56. The Kier molecular flexibility index (Phi) is 7.01. The summed E-state index contributed by atoms with van der Waals surface area (Å²) in [5.74, 6) is -2.32. The predicted molar refractivity (Wildman–Crippen MR) is 109 cm³/mol. The van der Waals surface area contributed by atoms with Gasteiger partial charge in [-0.25, -0.2) is 0 Å². The number of halogens is 3. The van der Waals surface area contributed by atoms with Gasteiger partial charge >= 0.3 is 12.1 Å². The van der Waals surface area contributed by atoms with E-state index in [0.717, 1.165) is 12.1 Å². The van der Waals surface area contributed by atoms with Crippen LogP contribution in [-0.4, -0.2) is 37.5 Å². The highest BCUT2D eigenvalue weighted by Crippen LogP contribution is 2.35. The summed E-state index contributed by atoms with van der Waals surface area (Å²) < 4.78 is 49.5. The number of nitrogens with zero attached hydrogens (tertiary/aromatic N) is 1. The molecule has 0 unspecified atom stereocenters. The fourth-order valence-corrected chi connectivity index (χ4v) is 3.34. The number of alkyl halides is 3. The molecule has 1 aliphatic rings. The number of benzene rings is 2. The largest absolute Gasteiger partial charge is 0.492 e. The summed E-state index contributed by atoms with van der Waals surface area (Å²) in [5.41, 5.74) is -0.920. The number of carbonyl (C=O) groups excluding carboxylic acids is 3. The van der Waals surface area contributed by atoms with Crippen LogP contribution in [0.5, 0.6) is 5.75 Å². The third-order valence-corrected chi connectivity index (χ3v) is 4.77. The summed E-state index contributed by atoms with van der Waals surface area (Å²) in [5, 5.41) is 2.10. The number of carbonyl (C=O) groups is 3. The number of esters is 1. The monoisotopic (exact) mass is 450 g/mol. The average Bonchev–Trinajstić information content (AvgIpc) is 3.14. The Morgan fingerprint density at radius 3 is 2.53 bits per heavy atom. The normalized spacial score (nSPS) is 16.1. The summed E-state index contributed by atoms with van der Waals surface area (Å²) in [6.07, 6.45) is -4.76. The zero-order valence-corrected chi connectivity index (χ0v) is 17.1. The van der Waals surface area contributed by atoms with Gasteiger partial charge in [-0.05, 0) is 31.2 Å². The van der Waals surface area contributed by atoms with Crippen molar-refractivity contribution < 1.29 is 37.0 Å². The van der Waals surface area contributed by atoms with Crippen molar-refractivity contribution in [3.8, 4) is 5.75 Å². The molecule has 1 heterocycles. The zero-order valence-electron chi connectivity index (χ0n) is 17.1. The van der Waals surface area contributed by atoms with Gasteiger partial charge in [0.2, 0.25) is 5.91 Å². The van der Waals surface area contributed by atoms with Gasteiger partial charge in [-0.2, -0.15) is 13.2 Å². The lowest BCUT2D eigenvalue weighted by molar-refractivity contribution is -0.151. The van der Waals surface area contributed by atoms with Crippen LogP contribution in [0.1, 0.15) is 18.9 Å². The lowest BCUT2D eigenvalue weighted by Crippen LogP contribution is -2.28. The molecule has 1 aliphatic heterocycles. The molecule has 170 valence electrons. The van der Waals surface area contributed by atoms with Crippen LogP contribution in [0.2, 0.25) is 0 Å². The van der Waals surface area contributed by atoms with E-state index in [-0.39, 0.29) is 18.9 Å². The van der Waals surface area contributed by atoms with Crippen LogP contribution >= 0.6 is 0 Å². The molecule has 2 amide bonds. The number of ether oxygens (including phenoxy) is 2. The van der Waals surface area contributed by atoms with Gasteiger partial charge in [0.15, 0.2) is 6.61 Å². The fourth-order valence-electron chi connectivity index (χ4n) is 3.34. The first-order valence-electron chi connectivity index (χ1n) is 9.85. The second-order valence-electron chi connectivity index (χ2n) is 7.01. The Morgan fingerprint density at radius 1 is 1.12 bits per heavy atom. The fraction of sp³-hybridized carbons (Fsp3) is 0.318. The van der Waals surface area contributed by atoms with E-state index in [1.165, 1.54) is 17.0 Å². The van der Waals surface area contributed by atoms with Crippen molar-refractivity contribution in [3.05, 3.63) is 54.1 Å². The number of anilines is 2. The molecule has 0 aromatic heterocycles. The van der Waals surface area contributed by atoms with Gasteiger partial charge < -0.3 is 19.7 Å². The third-order valence-electron chi connectivity index (χ3n) is 4.77. The summed E-state index contributed by atoms with van der Waals surface area (Å²) in [6.45, 7) is 1.48. The average molecular weight is 450 g/mol. The molecule has 0 spiro atoms. The number of rotatable bonds is 7. The van der Waals surface area contributed by atoms with Crippen molar-refractivity contribution in [1.29, 1.82) is 0 Å². The third kappa shape index (κ3) is 5.37. The lowest BCUT2D eigenvalue weighted by Gasteiger charge is -2.20. The molecule has 0 aliphatic carbocycles. The van der Waals surface area contributed by atoms with E-state index in [4.69, 9.17) is 9.47 Å². The van der Waals surface area contributed by atoms with E-state index in [9.17, 15) is 27.6 Å². The van der Waals surface area contributed by atoms with Crippen molar-refractivity contribution in [2.24, 2.45) is 5.92 Å². The number of amides is 2. The molecule has 1 atom stereocenters. The maximum Gasteiger partial charge on any atom is 0.418 e. The highest BCUT2D eigenvalue weighted by Gasteiger charge is 2.38. The molecule has 0 bridgehead atoms. The first kappa shape index (κ1) is 23.1. The first-order valence-corrected chi connectivity index (χ1v) is 9.85. The van der Waals surface area contributed by atoms with E-state index >= 15 is 0 Å². The predicted octanol–water partition coefficient (Wildman–Crippen LogP) is 3.64. The van der Waals surface area contributed by atoms with E-state index in [0.29, 0.717) is 18.0 Å². The molecule has 1 N–H and O–H groups in total. The number of hydrogen-bond acceptors (Lipinski definition) is 5. The van der Waals surface area contributed by atoms with Gasteiger partial charge in [0.25, 0.3) is 5.91 Å². The van der Waals surface area contributed by atoms with Gasteiger partial charge in [0, 0.05) is 13.0 Å². The summed E-state index contributed by atoms with van der Waals surface area (Å²) in [6, 6.07) is 11.4. The molecular formula is C22H21F3N2O5. The molecule has 10 heteroatoms. The lowest BCUT2D eigenvalue weighted by atomic mass is 10.1. The highest BCUT2D eigenvalue weighted by atomic mass is 19.4. The van der Waals surface area contributed by atoms with Crippen LogP contribution in [0.4, 0.5) is 24.5 Å². The van der Waals surface area contributed by atoms with E-state index < -0.39 is 41.8 Å². The van der Waals surface area contributed by atoms with Gasteiger partial charge in [-0.1, -0.05) is 24.3 Å². The molecule has 1 fully saturated rings.